The van der Waals surface area contributed by atoms with E-state index >= 15 is 0 Å². The molecule has 0 radical (unpaired) electrons. The molecule has 0 spiro atoms. The van der Waals surface area contributed by atoms with Crippen LogP contribution >= 0.6 is 23.2 Å². The van der Waals surface area contributed by atoms with E-state index < -0.39 is 23.7 Å². The molecule has 3 amide bonds. The van der Waals surface area contributed by atoms with Gasteiger partial charge in [-0.1, -0.05) is 41.4 Å². The standard InChI is InChI=1S/C28H23Cl2N3O6/c1-3-38-28(37)24-16(2)33(18-7-5-4-6-8-18)27(36)21(24)14-19-10-11-20(39-19)15-31-25(34)26(35)32-17-9-12-22(29)23(30)13-17/h4-14H,3,15H2,1-2H3,(H,31,34)(H,32,35)/b21-14+. The van der Waals surface area contributed by atoms with Crippen molar-refractivity contribution >= 4 is 64.3 Å². The SMILES string of the molecule is CCOC(=O)C1=C(C)N(c2ccccc2)C(=O)/C1=C/c1ccc(CNC(=O)C(=O)Nc2ccc(Cl)c(Cl)c2)o1. The summed E-state index contributed by atoms with van der Waals surface area (Å²) in [6.07, 6.45) is 1.45. The number of benzene rings is 2. The number of para-hydroxylation sites is 1. The topological polar surface area (TPSA) is 118 Å². The van der Waals surface area contributed by atoms with E-state index in [-0.39, 0.29) is 35.1 Å². The Hall–Kier alpha value is -4.34. The molecule has 200 valence electrons. The molecular weight excluding hydrogens is 545 g/mol. The Bertz CT molecular complexity index is 1510. The number of ether oxygens (including phenoxy) is 1. The van der Waals surface area contributed by atoms with Gasteiger partial charge in [-0.2, -0.15) is 0 Å². The molecule has 0 aliphatic carbocycles. The summed E-state index contributed by atoms with van der Waals surface area (Å²) in [4.78, 5) is 52.0. The second-order valence-electron chi connectivity index (χ2n) is 8.28. The van der Waals surface area contributed by atoms with Crippen LogP contribution in [0.1, 0.15) is 25.4 Å². The maximum Gasteiger partial charge on any atom is 0.340 e. The number of carbonyl (C=O) groups excluding carboxylic acids is 4. The van der Waals surface area contributed by atoms with Crippen molar-refractivity contribution in [1.82, 2.24) is 5.32 Å². The second-order valence-corrected chi connectivity index (χ2v) is 9.10. The Labute approximate surface area is 234 Å². The Morgan fingerprint density at radius 1 is 1.00 bits per heavy atom. The molecular formula is C28H23Cl2N3O6. The zero-order valence-electron chi connectivity index (χ0n) is 20.9. The van der Waals surface area contributed by atoms with Crippen LogP contribution < -0.4 is 15.5 Å². The van der Waals surface area contributed by atoms with E-state index in [1.54, 1.807) is 50.2 Å². The average molecular weight is 568 g/mol. The van der Waals surface area contributed by atoms with Gasteiger partial charge in [0.05, 0.1) is 34.3 Å². The van der Waals surface area contributed by atoms with Crippen LogP contribution in [-0.4, -0.2) is 30.3 Å². The van der Waals surface area contributed by atoms with Crippen molar-refractivity contribution in [2.24, 2.45) is 0 Å². The number of amides is 3. The Kier molecular flexibility index (Phi) is 8.53. The van der Waals surface area contributed by atoms with Gasteiger partial charge < -0.3 is 19.8 Å². The van der Waals surface area contributed by atoms with Gasteiger partial charge >= 0.3 is 17.8 Å². The van der Waals surface area contributed by atoms with E-state index in [1.165, 1.54) is 29.2 Å². The van der Waals surface area contributed by atoms with E-state index in [0.29, 0.717) is 27.9 Å². The summed E-state index contributed by atoms with van der Waals surface area (Å²) in [5.41, 5.74) is 1.59. The van der Waals surface area contributed by atoms with Crippen molar-refractivity contribution in [1.29, 1.82) is 0 Å². The molecule has 9 nitrogen and oxygen atoms in total. The molecule has 0 atom stereocenters. The monoisotopic (exact) mass is 567 g/mol. The van der Waals surface area contributed by atoms with E-state index in [1.807, 2.05) is 6.07 Å². The highest BCUT2D eigenvalue weighted by Crippen LogP contribution is 2.35. The quantitative estimate of drug-likeness (QED) is 0.233. The molecule has 1 aliphatic rings. The Balaban J connectivity index is 1.48. The molecule has 0 fully saturated rings. The first kappa shape index (κ1) is 27.7. The number of halogens is 2. The maximum atomic E-state index is 13.4. The fourth-order valence-corrected chi connectivity index (χ4v) is 4.19. The normalized spacial score (nSPS) is 14.1. The van der Waals surface area contributed by atoms with Gasteiger partial charge in [-0.25, -0.2) is 4.79 Å². The van der Waals surface area contributed by atoms with Gasteiger partial charge in [0.15, 0.2) is 0 Å². The molecule has 2 N–H and O–H groups in total. The molecule has 1 aromatic heterocycles. The highest BCUT2D eigenvalue weighted by molar-refractivity contribution is 6.43. The van der Waals surface area contributed by atoms with Gasteiger partial charge in [0.2, 0.25) is 0 Å². The van der Waals surface area contributed by atoms with Gasteiger partial charge in [-0.3, -0.25) is 19.3 Å². The number of anilines is 2. The number of esters is 1. The van der Waals surface area contributed by atoms with Crippen LogP contribution in [-0.2, 0) is 30.5 Å². The van der Waals surface area contributed by atoms with Gasteiger partial charge in [0.1, 0.15) is 11.5 Å². The molecule has 0 saturated heterocycles. The Morgan fingerprint density at radius 3 is 2.44 bits per heavy atom. The third-order valence-electron chi connectivity index (χ3n) is 5.67. The number of nitrogens with zero attached hydrogens (tertiary/aromatic N) is 1. The molecule has 0 saturated carbocycles. The Morgan fingerprint density at radius 2 is 1.74 bits per heavy atom. The lowest BCUT2D eigenvalue weighted by Gasteiger charge is -2.17. The third kappa shape index (κ3) is 6.22. The number of hydrogen-bond acceptors (Lipinski definition) is 6. The van der Waals surface area contributed by atoms with Crippen molar-refractivity contribution in [2.75, 3.05) is 16.8 Å². The van der Waals surface area contributed by atoms with Crippen molar-refractivity contribution in [2.45, 2.75) is 20.4 Å². The lowest BCUT2D eigenvalue weighted by molar-refractivity contribution is -0.138. The lowest BCUT2D eigenvalue weighted by atomic mass is 10.1. The predicted octanol–water partition coefficient (Wildman–Crippen LogP) is 5.11. The summed E-state index contributed by atoms with van der Waals surface area (Å²) < 4.78 is 10.9. The van der Waals surface area contributed by atoms with E-state index in [2.05, 4.69) is 10.6 Å². The molecule has 2 heterocycles. The average Bonchev–Trinajstić information content (AvgIpc) is 3.46. The zero-order chi connectivity index (χ0) is 28.1. The lowest BCUT2D eigenvalue weighted by Crippen LogP contribution is -2.34. The molecule has 4 rings (SSSR count). The first-order valence-electron chi connectivity index (χ1n) is 11.8. The highest BCUT2D eigenvalue weighted by Gasteiger charge is 2.38. The summed E-state index contributed by atoms with van der Waals surface area (Å²) in [5.74, 6) is -2.25. The van der Waals surface area contributed by atoms with Crippen LogP contribution in [0, 0.1) is 0 Å². The fourth-order valence-electron chi connectivity index (χ4n) is 3.89. The third-order valence-corrected chi connectivity index (χ3v) is 6.41. The minimum Gasteiger partial charge on any atom is -0.462 e. The van der Waals surface area contributed by atoms with E-state index in [0.717, 1.165) is 0 Å². The van der Waals surface area contributed by atoms with Gasteiger partial charge in [0.25, 0.3) is 5.91 Å². The number of allylic oxidation sites excluding steroid dienone is 1. The van der Waals surface area contributed by atoms with Crippen LogP contribution in [0.3, 0.4) is 0 Å². The van der Waals surface area contributed by atoms with Crippen molar-refractivity contribution in [3.05, 3.63) is 99.1 Å². The maximum absolute atomic E-state index is 13.4. The first-order valence-corrected chi connectivity index (χ1v) is 12.6. The molecule has 39 heavy (non-hydrogen) atoms. The van der Waals surface area contributed by atoms with Crippen LogP contribution in [0.2, 0.25) is 10.0 Å². The molecule has 2 aromatic carbocycles. The van der Waals surface area contributed by atoms with Crippen molar-refractivity contribution in [3.63, 3.8) is 0 Å². The number of furan rings is 1. The predicted molar refractivity (Wildman–Crippen MR) is 147 cm³/mol. The summed E-state index contributed by atoms with van der Waals surface area (Å²) in [6.45, 7) is 3.40. The molecule has 3 aromatic rings. The van der Waals surface area contributed by atoms with Crippen LogP contribution in [0.4, 0.5) is 11.4 Å². The molecule has 0 bridgehead atoms. The van der Waals surface area contributed by atoms with E-state index in [4.69, 9.17) is 32.4 Å². The highest BCUT2D eigenvalue weighted by atomic mass is 35.5. The molecule has 0 unspecified atom stereocenters. The van der Waals surface area contributed by atoms with Gasteiger partial charge in [-0.15, -0.1) is 0 Å². The van der Waals surface area contributed by atoms with Gasteiger partial charge in [-0.05, 0) is 62.4 Å². The number of hydrogen-bond donors (Lipinski definition) is 2. The minimum absolute atomic E-state index is 0.0967. The molecule has 1 aliphatic heterocycles. The minimum atomic E-state index is -0.903. The van der Waals surface area contributed by atoms with Gasteiger partial charge in [0, 0.05) is 17.1 Å². The molecule has 11 heteroatoms. The summed E-state index contributed by atoms with van der Waals surface area (Å²) in [5, 5.41) is 5.43. The number of nitrogens with one attached hydrogen (secondary N) is 2. The van der Waals surface area contributed by atoms with E-state index in [9.17, 15) is 19.2 Å². The zero-order valence-corrected chi connectivity index (χ0v) is 22.4. The van der Waals surface area contributed by atoms with Crippen LogP contribution in [0.5, 0.6) is 0 Å². The summed E-state index contributed by atoms with van der Waals surface area (Å²) in [7, 11) is 0. The number of carbonyl (C=O) groups is 4. The van der Waals surface area contributed by atoms with Crippen molar-refractivity contribution in [3.8, 4) is 0 Å². The fraction of sp³-hybridized carbons (Fsp3) is 0.143. The van der Waals surface area contributed by atoms with Crippen LogP contribution in [0.25, 0.3) is 6.08 Å². The van der Waals surface area contributed by atoms with Crippen molar-refractivity contribution < 1.29 is 28.3 Å². The van der Waals surface area contributed by atoms with Crippen LogP contribution in [0.15, 0.2) is 81.9 Å². The smallest absolute Gasteiger partial charge is 0.340 e. The largest absolute Gasteiger partial charge is 0.462 e. The second kappa shape index (κ2) is 12.0. The summed E-state index contributed by atoms with van der Waals surface area (Å²) in [6, 6.07) is 16.5. The number of rotatable bonds is 7. The first-order chi connectivity index (χ1) is 18.7. The summed E-state index contributed by atoms with van der Waals surface area (Å²) >= 11 is 11.8.